The smallest absolute Gasteiger partial charge is 0.371 e. The topological polar surface area (TPSA) is 128 Å². The van der Waals surface area contributed by atoms with Crippen molar-refractivity contribution in [2.24, 2.45) is 0 Å². The van der Waals surface area contributed by atoms with E-state index in [0.29, 0.717) is 31.9 Å². The van der Waals surface area contributed by atoms with Crippen molar-refractivity contribution in [3.05, 3.63) is 23.7 Å². The molecular formula is C15H20N2O7S. The van der Waals surface area contributed by atoms with Crippen LogP contribution in [-0.4, -0.2) is 83.6 Å². The number of fused-ring (bicyclic) bond motifs is 1. The van der Waals surface area contributed by atoms with Crippen LogP contribution in [0, 0.1) is 0 Å². The lowest BCUT2D eigenvalue weighted by Crippen LogP contribution is -2.58. The summed E-state index contributed by atoms with van der Waals surface area (Å²) < 4.78 is 29.5. The molecule has 0 spiro atoms. The predicted molar refractivity (Wildman–Crippen MR) is 86.1 cm³/mol. The standard InChI is InChI=1S/C15H20N2O7S/c18-14(19)3-4-16-5-6-17(12-9-25(22,23)8-11(12)16)7-10-1-2-13(24-10)15(20)21/h1-2,11-12H,3-9H2,(H,18,19)(H,20,21)/t11-,12+/m1/s1. The Kier molecular flexibility index (Phi) is 4.85. The van der Waals surface area contributed by atoms with Crippen molar-refractivity contribution in [1.29, 1.82) is 0 Å². The van der Waals surface area contributed by atoms with Gasteiger partial charge in [0.2, 0.25) is 5.76 Å². The fourth-order valence-electron chi connectivity index (χ4n) is 3.59. The van der Waals surface area contributed by atoms with Crippen LogP contribution < -0.4 is 0 Å². The number of piperazine rings is 1. The molecule has 3 rings (SSSR count). The largest absolute Gasteiger partial charge is 0.481 e. The van der Waals surface area contributed by atoms with Gasteiger partial charge in [0, 0.05) is 31.7 Å². The number of hydrogen-bond acceptors (Lipinski definition) is 7. The Balaban J connectivity index is 1.73. The molecule has 0 aliphatic carbocycles. The molecule has 9 nitrogen and oxygen atoms in total. The lowest BCUT2D eigenvalue weighted by molar-refractivity contribution is -0.137. The summed E-state index contributed by atoms with van der Waals surface area (Å²) in [7, 11) is -3.19. The maximum Gasteiger partial charge on any atom is 0.371 e. The molecule has 2 atom stereocenters. The van der Waals surface area contributed by atoms with Crippen LogP contribution in [0.3, 0.4) is 0 Å². The van der Waals surface area contributed by atoms with Gasteiger partial charge in [-0.05, 0) is 12.1 Å². The van der Waals surface area contributed by atoms with Gasteiger partial charge in [0.15, 0.2) is 9.84 Å². The van der Waals surface area contributed by atoms with Crippen molar-refractivity contribution in [2.75, 3.05) is 31.1 Å². The lowest BCUT2D eigenvalue weighted by atomic mass is 10.0. The minimum Gasteiger partial charge on any atom is -0.481 e. The van der Waals surface area contributed by atoms with Gasteiger partial charge in [-0.3, -0.25) is 14.6 Å². The van der Waals surface area contributed by atoms with Crippen LogP contribution in [0.4, 0.5) is 0 Å². The number of aromatic carboxylic acids is 1. The molecule has 2 N–H and O–H groups in total. The minimum atomic E-state index is -3.19. The van der Waals surface area contributed by atoms with Gasteiger partial charge in [0.25, 0.3) is 0 Å². The van der Waals surface area contributed by atoms with E-state index in [0.717, 1.165) is 0 Å². The number of sulfone groups is 1. The molecule has 138 valence electrons. The number of aliphatic carboxylic acids is 1. The minimum absolute atomic E-state index is 0.0202. The third kappa shape index (κ3) is 4.02. The molecule has 0 radical (unpaired) electrons. The third-order valence-electron chi connectivity index (χ3n) is 4.75. The van der Waals surface area contributed by atoms with Crippen molar-refractivity contribution in [2.45, 2.75) is 25.0 Å². The molecule has 2 fully saturated rings. The highest BCUT2D eigenvalue weighted by Gasteiger charge is 2.46. The molecule has 1 aromatic heterocycles. The second-order valence-corrected chi connectivity index (χ2v) is 8.59. The molecule has 25 heavy (non-hydrogen) atoms. The summed E-state index contributed by atoms with van der Waals surface area (Å²) in [5, 5.41) is 17.8. The summed E-state index contributed by atoms with van der Waals surface area (Å²) in [5.74, 6) is -1.69. The highest BCUT2D eigenvalue weighted by molar-refractivity contribution is 7.91. The van der Waals surface area contributed by atoms with E-state index in [1.54, 1.807) is 6.07 Å². The fourth-order valence-corrected chi connectivity index (χ4v) is 5.63. The Morgan fingerprint density at radius 2 is 1.76 bits per heavy atom. The van der Waals surface area contributed by atoms with Gasteiger partial charge in [-0.2, -0.15) is 0 Å². The van der Waals surface area contributed by atoms with Gasteiger partial charge in [0.05, 0.1) is 24.5 Å². The number of carbonyl (C=O) groups is 2. The van der Waals surface area contributed by atoms with E-state index < -0.39 is 21.8 Å². The van der Waals surface area contributed by atoms with Gasteiger partial charge in [-0.1, -0.05) is 0 Å². The molecule has 0 bridgehead atoms. The van der Waals surface area contributed by atoms with Crippen molar-refractivity contribution in [3.63, 3.8) is 0 Å². The SMILES string of the molecule is O=C(O)CCN1CCN(Cc2ccc(C(=O)O)o2)[C@H]2CS(=O)(=O)C[C@H]21. The monoisotopic (exact) mass is 372 g/mol. The van der Waals surface area contributed by atoms with E-state index in [2.05, 4.69) is 0 Å². The maximum absolute atomic E-state index is 12.1. The molecule has 3 heterocycles. The Morgan fingerprint density at radius 3 is 2.36 bits per heavy atom. The number of carboxylic acid groups (broad SMARTS) is 2. The summed E-state index contributed by atoms with van der Waals surface area (Å²) >= 11 is 0. The van der Waals surface area contributed by atoms with Gasteiger partial charge in [-0.15, -0.1) is 0 Å². The number of carboxylic acids is 2. The van der Waals surface area contributed by atoms with Gasteiger partial charge in [0.1, 0.15) is 5.76 Å². The molecule has 0 saturated carbocycles. The molecule has 2 aliphatic heterocycles. The van der Waals surface area contributed by atoms with Crippen molar-refractivity contribution >= 4 is 21.8 Å². The van der Waals surface area contributed by atoms with Crippen LogP contribution in [0.1, 0.15) is 22.7 Å². The normalized spacial score (nSPS) is 26.4. The zero-order valence-electron chi connectivity index (χ0n) is 13.5. The molecule has 1 aromatic rings. The first-order valence-electron chi connectivity index (χ1n) is 7.97. The Labute approximate surface area is 144 Å². The van der Waals surface area contributed by atoms with E-state index >= 15 is 0 Å². The molecule has 2 saturated heterocycles. The van der Waals surface area contributed by atoms with E-state index in [-0.39, 0.29) is 35.8 Å². The summed E-state index contributed by atoms with van der Waals surface area (Å²) in [4.78, 5) is 25.6. The highest BCUT2D eigenvalue weighted by atomic mass is 32.2. The van der Waals surface area contributed by atoms with Crippen molar-refractivity contribution in [3.8, 4) is 0 Å². The Morgan fingerprint density at radius 1 is 1.12 bits per heavy atom. The number of hydrogen-bond donors (Lipinski definition) is 2. The number of rotatable bonds is 6. The van der Waals surface area contributed by atoms with Crippen LogP contribution in [-0.2, 0) is 21.2 Å². The van der Waals surface area contributed by atoms with Crippen molar-refractivity contribution in [1.82, 2.24) is 9.80 Å². The lowest BCUT2D eigenvalue weighted by Gasteiger charge is -2.43. The van der Waals surface area contributed by atoms with E-state index in [4.69, 9.17) is 14.6 Å². The molecule has 2 aliphatic rings. The zero-order valence-corrected chi connectivity index (χ0v) is 14.3. The van der Waals surface area contributed by atoms with Crippen LogP contribution >= 0.6 is 0 Å². The van der Waals surface area contributed by atoms with E-state index in [9.17, 15) is 18.0 Å². The average Bonchev–Trinajstić information content (AvgIpc) is 3.10. The van der Waals surface area contributed by atoms with Crippen molar-refractivity contribution < 1.29 is 32.6 Å². The molecule has 0 amide bonds. The zero-order chi connectivity index (χ0) is 18.2. The van der Waals surface area contributed by atoms with Crippen LogP contribution in [0.15, 0.2) is 16.5 Å². The Bertz CT molecular complexity index is 773. The summed E-state index contributed by atoms with van der Waals surface area (Å²) in [5.41, 5.74) is 0. The van der Waals surface area contributed by atoms with Gasteiger partial charge in [-0.25, -0.2) is 13.2 Å². The summed E-state index contributed by atoms with van der Waals surface area (Å²) in [6, 6.07) is 2.47. The predicted octanol–water partition coefficient (Wildman–Crippen LogP) is -0.264. The van der Waals surface area contributed by atoms with E-state index in [1.165, 1.54) is 6.07 Å². The molecule has 0 aromatic carbocycles. The summed E-state index contributed by atoms with van der Waals surface area (Å²) in [6.07, 6.45) is -0.0244. The first-order chi connectivity index (χ1) is 11.7. The molecule has 10 heteroatoms. The van der Waals surface area contributed by atoms with Crippen LogP contribution in [0.5, 0.6) is 0 Å². The van der Waals surface area contributed by atoms with Gasteiger partial charge >= 0.3 is 11.9 Å². The van der Waals surface area contributed by atoms with Gasteiger partial charge < -0.3 is 14.6 Å². The average molecular weight is 372 g/mol. The second-order valence-electron chi connectivity index (χ2n) is 6.43. The Hall–Kier alpha value is -1.91. The number of nitrogens with zero attached hydrogens (tertiary/aromatic N) is 2. The number of furan rings is 1. The van der Waals surface area contributed by atoms with Crippen LogP contribution in [0.2, 0.25) is 0 Å². The summed E-state index contributed by atoms with van der Waals surface area (Å²) in [6.45, 7) is 1.79. The van der Waals surface area contributed by atoms with E-state index in [1.807, 2.05) is 9.80 Å². The maximum atomic E-state index is 12.1. The fraction of sp³-hybridized carbons (Fsp3) is 0.600. The van der Waals surface area contributed by atoms with Crippen LogP contribution in [0.25, 0.3) is 0 Å². The first kappa shape index (κ1) is 17.9. The highest BCUT2D eigenvalue weighted by Crippen LogP contribution is 2.28. The molecular weight excluding hydrogens is 352 g/mol. The first-order valence-corrected chi connectivity index (χ1v) is 9.79. The second kappa shape index (κ2) is 6.77. The third-order valence-corrected chi connectivity index (χ3v) is 6.45. The molecule has 0 unspecified atom stereocenters. The quantitative estimate of drug-likeness (QED) is 0.693.